The first-order chi connectivity index (χ1) is 11.8. The maximum Gasteiger partial charge on any atom is 0.432 e. The molecule has 0 bridgehead atoms. The normalized spacial score (nSPS) is 25.3. The molecule has 2 rings (SSSR count). The van der Waals surface area contributed by atoms with Crippen LogP contribution < -0.4 is 0 Å². The highest BCUT2D eigenvalue weighted by Gasteiger charge is 2.65. The summed E-state index contributed by atoms with van der Waals surface area (Å²) < 4.78 is 56.7. The molecule has 1 aromatic rings. The number of epoxide rings is 1. The molecule has 1 fully saturated rings. The van der Waals surface area contributed by atoms with E-state index in [-0.39, 0.29) is 18.3 Å². The van der Waals surface area contributed by atoms with Crippen molar-refractivity contribution in [2.24, 2.45) is 0 Å². The minimum Gasteiger partial charge on any atom is -0.460 e. The van der Waals surface area contributed by atoms with Gasteiger partial charge in [-0.25, -0.2) is 4.79 Å². The van der Waals surface area contributed by atoms with Crippen molar-refractivity contribution in [2.75, 3.05) is 13.7 Å². The van der Waals surface area contributed by atoms with Gasteiger partial charge in [0.1, 0.15) is 12.2 Å². The summed E-state index contributed by atoms with van der Waals surface area (Å²) in [5.41, 5.74) is -4.16. The zero-order valence-electron chi connectivity index (χ0n) is 14.6. The van der Waals surface area contributed by atoms with Crippen molar-refractivity contribution in [2.45, 2.75) is 56.6 Å². The second-order valence-electron chi connectivity index (χ2n) is 6.14. The van der Waals surface area contributed by atoms with Gasteiger partial charge in [-0.15, -0.1) is 0 Å². The van der Waals surface area contributed by atoms with E-state index in [1.54, 1.807) is 6.07 Å². The molecule has 1 aliphatic rings. The van der Waals surface area contributed by atoms with E-state index in [2.05, 4.69) is 0 Å². The lowest BCUT2D eigenvalue weighted by Crippen LogP contribution is -2.52. The number of ether oxygens (including phenoxy) is 3. The van der Waals surface area contributed by atoms with Crippen molar-refractivity contribution in [3.8, 4) is 0 Å². The number of benzene rings is 1. The average Bonchev–Trinajstić information content (AvgIpc) is 3.27. The van der Waals surface area contributed by atoms with Crippen molar-refractivity contribution < 1.29 is 32.2 Å². The summed E-state index contributed by atoms with van der Waals surface area (Å²) in [5.74, 6) is -1.48. The lowest BCUT2D eigenvalue weighted by Gasteiger charge is -2.32. The SMILES string of the molecule is CCCC1OC1(CC)COC(=O)[C@](OC)(c1ccccc1)C(F)(F)F. The molecule has 4 nitrogen and oxygen atoms in total. The second kappa shape index (κ2) is 7.33. The fraction of sp³-hybridized carbons (Fsp3) is 0.611. The first-order valence-electron chi connectivity index (χ1n) is 8.29. The van der Waals surface area contributed by atoms with Gasteiger partial charge in [0.25, 0.3) is 5.60 Å². The standard InChI is InChI=1S/C18H23F3O4/c1-4-9-14-16(5-2,25-14)12-24-15(22)17(23-3,18(19,20)21)13-10-7-6-8-11-13/h6-8,10-11,14H,4-5,9,12H2,1-3H3/t14?,16?,17-/m1/s1. The van der Waals surface area contributed by atoms with Crippen molar-refractivity contribution in [3.63, 3.8) is 0 Å². The van der Waals surface area contributed by atoms with Crippen LogP contribution >= 0.6 is 0 Å². The zero-order chi connectivity index (χ0) is 18.7. The second-order valence-corrected chi connectivity index (χ2v) is 6.14. The van der Waals surface area contributed by atoms with Crippen LogP contribution in [0.25, 0.3) is 0 Å². The highest BCUT2D eigenvalue weighted by molar-refractivity contribution is 5.82. The molecular weight excluding hydrogens is 337 g/mol. The Bertz CT molecular complexity index is 590. The molecule has 0 spiro atoms. The molecule has 0 saturated carbocycles. The van der Waals surface area contributed by atoms with Gasteiger partial charge in [0, 0.05) is 12.7 Å². The molecule has 0 radical (unpaired) electrons. The van der Waals surface area contributed by atoms with Crippen LogP contribution in [-0.4, -0.2) is 37.6 Å². The van der Waals surface area contributed by atoms with Crippen molar-refractivity contribution in [1.82, 2.24) is 0 Å². The van der Waals surface area contributed by atoms with Crippen LogP contribution in [0, 0.1) is 0 Å². The van der Waals surface area contributed by atoms with Gasteiger partial charge >= 0.3 is 12.1 Å². The minimum atomic E-state index is -4.97. The molecule has 1 aliphatic heterocycles. The minimum absolute atomic E-state index is 0.0881. The summed E-state index contributed by atoms with van der Waals surface area (Å²) in [6.07, 6.45) is -2.84. The maximum absolute atomic E-state index is 13.8. The lowest BCUT2D eigenvalue weighted by atomic mass is 9.92. The fourth-order valence-electron chi connectivity index (χ4n) is 3.05. The number of rotatable bonds is 8. The first-order valence-corrected chi connectivity index (χ1v) is 8.29. The molecule has 1 aromatic carbocycles. The molecular formula is C18H23F3O4. The topological polar surface area (TPSA) is 48.1 Å². The van der Waals surface area contributed by atoms with Crippen LogP contribution in [-0.2, 0) is 24.6 Å². The van der Waals surface area contributed by atoms with Gasteiger partial charge in [0.15, 0.2) is 0 Å². The summed E-state index contributed by atoms with van der Waals surface area (Å²) in [7, 11) is 0.852. The summed E-state index contributed by atoms with van der Waals surface area (Å²) in [6.45, 7) is 3.62. The van der Waals surface area contributed by atoms with Gasteiger partial charge in [-0.3, -0.25) is 0 Å². The summed E-state index contributed by atoms with van der Waals surface area (Å²) in [4.78, 5) is 12.5. The molecule has 0 aliphatic carbocycles. The van der Waals surface area contributed by atoms with Crippen LogP contribution in [0.1, 0.15) is 38.7 Å². The van der Waals surface area contributed by atoms with Gasteiger partial charge in [-0.05, 0) is 12.8 Å². The number of hydrogen-bond acceptors (Lipinski definition) is 4. The van der Waals surface area contributed by atoms with Gasteiger partial charge in [0.05, 0.1) is 6.10 Å². The van der Waals surface area contributed by atoms with E-state index in [4.69, 9.17) is 14.2 Å². The average molecular weight is 360 g/mol. The number of carbonyl (C=O) groups excluding carboxylic acids is 1. The Morgan fingerprint density at radius 3 is 2.36 bits per heavy atom. The third-order valence-corrected chi connectivity index (χ3v) is 4.68. The molecule has 25 heavy (non-hydrogen) atoms. The van der Waals surface area contributed by atoms with E-state index in [0.29, 0.717) is 6.42 Å². The highest BCUT2D eigenvalue weighted by Crippen LogP contribution is 2.45. The summed E-state index contributed by atoms with van der Waals surface area (Å²) >= 11 is 0. The molecule has 1 saturated heterocycles. The number of alkyl halides is 3. The largest absolute Gasteiger partial charge is 0.460 e. The van der Waals surface area contributed by atoms with Crippen molar-refractivity contribution in [1.29, 1.82) is 0 Å². The first kappa shape index (κ1) is 19.7. The number of carbonyl (C=O) groups is 1. The fourth-order valence-corrected chi connectivity index (χ4v) is 3.05. The highest BCUT2D eigenvalue weighted by atomic mass is 19.4. The van der Waals surface area contributed by atoms with Crippen LogP contribution in [0.15, 0.2) is 30.3 Å². The van der Waals surface area contributed by atoms with Gasteiger partial charge in [0.2, 0.25) is 0 Å². The third-order valence-electron chi connectivity index (χ3n) is 4.68. The van der Waals surface area contributed by atoms with Crippen LogP contribution in [0.5, 0.6) is 0 Å². The van der Waals surface area contributed by atoms with Crippen molar-refractivity contribution >= 4 is 5.97 Å². The molecule has 140 valence electrons. The number of methoxy groups -OCH3 is 1. The molecule has 2 unspecified atom stereocenters. The Kier molecular flexibility index (Phi) is 5.79. The van der Waals surface area contributed by atoms with Crippen LogP contribution in [0.4, 0.5) is 13.2 Å². The lowest BCUT2D eigenvalue weighted by molar-refractivity contribution is -0.276. The monoisotopic (exact) mass is 360 g/mol. The molecule has 1 heterocycles. The number of halogens is 3. The van der Waals surface area contributed by atoms with E-state index >= 15 is 0 Å². The van der Waals surface area contributed by atoms with E-state index < -0.39 is 23.3 Å². The van der Waals surface area contributed by atoms with Crippen LogP contribution in [0.3, 0.4) is 0 Å². The zero-order valence-corrected chi connectivity index (χ0v) is 14.6. The van der Waals surface area contributed by atoms with Crippen LogP contribution in [0.2, 0.25) is 0 Å². The Morgan fingerprint density at radius 2 is 1.88 bits per heavy atom. The molecule has 0 aromatic heterocycles. The predicted octanol–water partition coefficient (Wildman–Crippen LogP) is 3.98. The van der Waals surface area contributed by atoms with E-state index in [9.17, 15) is 18.0 Å². The maximum atomic E-state index is 13.8. The Labute approximate surface area is 145 Å². The smallest absolute Gasteiger partial charge is 0.432 e. The Balaban J connectivity index is 2.23. The molecule has 7 heteroatoms. The van der Waals surface area contributed by atoms with E-state index in [0.717, 1.165) is 20.0 Å². The van der Waals surface area contributed by atoms with E-state index in [1.807, 2.05) is 13.8 Å². The summed E-state index contributed by atoms with van der Waals surface area (Å²) in [6, 6.07) is 6.78. The van der Waals surface area contributed by atoms with Crippen molar-refractivity contribution in [3.05, 3.63) is 35.9 Å². The van der Waals surface area contributed by atoms with Gasteiger partial charge in [-0.1, -0.05) is 50.6 Å². The quantitative estimate of drug-likeness (QED) is 0.520. The molecule has 0 N–H and O–H groups in total. The number of esters is 1. The predicted molar refractivity (Wildman–Crippen MR) is 84.9 cm³/mol. The van der Waals surface area contributed by atoms with E-state index in [1.165, 1.54) is 24.3 Å². The Morgan fingerprint density at radius 1 is 1.24 bits per heavy atom. The number of hydrogen-bond donors (Lipinski definition) is 0. The van der Waals surface area contributed by atoms with Gasteiger partial charge < -0.3 is 14.2 Å². The summed E-state index contributed by atoms with van der Waals surface area (Å²) in [5, 5.41) is 0. The molecule has 0 amide bonds. The van der Waals surface area contributed by atoms with Gasteiger partial charge in [-0.2, -0.15) is 13.2 Å². The third kappa shape index (κ3) is 3.53. The Hall–Kier alpha value is -1.60. The molecule has 3 atom stereocenters.